The number of ether oxygens (including phenoxy) is 1. The first kappa shape index (κ1) is 14.9. The van der Waals surface area contributed by atoms with Crippen molar-refractivity contribution in [2.45, 2.75) is 18.9 Å². The summed E-state index contributed by atoms with van der Waals surface area (Å²) in [4.78, 5) is 24.6. The summed E-state index contributed by atoms with van der Waals surface area (Å²) < 4.78 is 5.59. The second kappa shape index (κ2) is 6.32. The zero-order chi connectivity index (χ0) is 14.7. The Morgan fingerprint density at radius 1 is 1.45 bits per heavy atom. The molecule has 0 amide bonds. The van der Waals surface area contributed by atoms with Crippen molar-refractivity contribution in [2.75, 3.05) is 20.1 Å². The van der Waals surface area contributed by atoms with Gasteiger partial charge in [0.1, 0.15) is 10.6 Å². The molecule has 20 heavy (non-hydrogen) atoms. The number of nitro groups is 1. The molecular weight excluding hydrogens is 328 g/mol. The Hall–Kier alpha value is -1.47. The minimum Gasteiger partial charge on any atom is -0.459 e. The molecule has 1 aliphatic rings. The van der Waals surface area contributed by atoms with E-state index in [9.17, 15) is 14.9 Å². The Morgan fingerprint density at radius 3 is 2.70 bits per heavy atom. The highest BCUT2D eigenvalue weighted by Gasteiger charge is 2.24. The summed E-state index contributed by atoms with van der Waals surface area (Å²) in [6.07, 6.45) is 1.45. The summed E-state index contributed by atoms with van der Waals surface area (Å²) in [5.41, 5.74) is 0.0564. The van der Waals surface area contributed by atoms with Gasteiger partial charge in [0, 0.05) is 19.2 Å². The summed E-state index contributed by atoms with van der Waals surface area (Å²) in [5, 5.41) is 10.8. The predicted octanol–water partition coefficient (Wildman–Crippen LogP) is 2.61. The quantitative estimate of drug-likeness (QED) is 0.479. The second-order valence-electron chi connectivity index (χ2n) is 4.80. The predicted molar refractivity (Wildman–Crippen MR) is 76.7 cm³/mol. The van der Waals surface area contributed by atoms with Crippen LogP contribution in [0.25, 0.3) is 0 Å². The molecule has 0 N–H and O–H groups in total. The Kier molecular flexibility index (Phi) is 4.72. The molecule has 0 spiro atoms. The SMILES string of the molecule is CN1CCC(OC(=O)c2cccc([N+](=O)[O-])c2Br)CC1. The number of carbonyl (C=O) groups excluding carboxylic acids is 1. The number of halogens is 1. The molecule has 1 heterocycles. The maximum absolute atomic E-state index is 12.1. The summed E-state index contributed by atoms with van der Waals surface area (Å²) in [6.45, 7) is 1.77. The van der Waals surface area contributed by atoms with E-state index in [2.05, 4.69) is 20.8 Å². The van der Waals surface area contributed by atoms with Crippen LogP contribution < -0.4 is 0 Å². The molecule has 1 fully saturated rings. The number of nitro benzene ring substituents is 1. The minimum atomic E-state index is -0.531. The van der Waals surface area contributed by atoms with Crippen molar-refractivity contribution in [3.8, 4) is 0 Å². The number of hydrogen-bond acceptors (Lipinski definition) is 5. The number of piperidine rings is 1. The van der Waals surface area contributed by atoms with Gasteiger partial charge in [-0.15, -0.1) is 0 Å². The van der Waals surface area contributed by atoms with E-state index in [1.807, 2.05) is 7.05 Å². The molecule has 1 aliphatic heterocycles. The molecule has 0 radical (unpaired) electrons. The highest BCUT2D eigenvalue weighted by Crippen LogP contribution is 2.29. The fourth-order valence-electron chi connectivity index (χ4n) is 2.14. The van der Waals surface area contributed by atoms with Gasteiger partial charge in [0.15, 0.2) is 0 Å². The molecular formula is C13H15BrN2O4. The van der Waals surface area contributed by atoms with Gasteiger partial charge in [-0.05, 0) is 41.9 Å². The number of esters is 1. The van der Waals surface area contributed by atoms with E-state index in [0.29, 0.717) is 0 Å². The van der Waals surface area contributed by atoms with Crippen molar-refractivity contribution < 1.29 is 14.5 Å². The first-order valence-electron chi connectivity index (χ1n) is 6.31. The lowest BCUT2D eigenvalue weighted by Crippen LogP contribution is -2.35. The molecule has 2 rings (SSSR count). The third kappa shape index (κ3) is 3.34. The van der Waals surface area contributed by atoms with Gasteiger partial charge in [-0.1, -0.05) is 6.07 Å². The lowest BCUT2D eigenvalue weighted by Gasteiger charge is -2.28. The van der Waals surface area contributed by atoms with Crippen LogP contribution in [0.2, 0.25) is 0 Å². The summed E-state index contributed by atoms with van der Waals surface area (Å²) in [7, 11) is 2.02. The van der Waals surface area contributed by atoms with Gasteiger partial charge in [0.2, 0.25) is 0 Å². The van der Waals surface area contributed by atoms with E-state index in [-0.39, 0.29) is 21.8 Å². The van der Waals surface area contributed by atoms with E-state index in [4.69, 9.17) is 4.74 Å². The van der Waals surface area contributed by atoms with Crippen LogP contribution in [0.3, 0.4) is 0 Å². The van der Waals surface area contributed by atoms with Crippen LogP contribution in [-0.4, -0.2) is 42.0 Å². The average Bonchev–Trinajstić information content (AvgIpc) is 2.41. The van der Waals surface area contributed by atoms with E-state index in [1.54, 1.807) is 0 Å². The molecule has 1 saturated heterocycles. The molecule has 6 nitrogen and oxygen atoms in total. The van der Waals surface area contributed by atoms with Crippen LogP contribution in [0.4, 0.5) is 5.69 Å². The van der Waals surface area contributed by atoms with Crippen molar-refractivity contribution in [2.24, 2.45) is 0 Å². The fraction of sp³-hybridized carbons (Fsp3) is 0.462. The lowest BCUT2D eigenvalue weighted by molar-refractivity contribution is -0.385. The number of likely N-dealkylation sites (tertiary alicyclic amines) is 1. The number of nitrogens with zero attached hydrogens (tertiary/aromatic N) is 2. The topological polar surface area (TPSA) is 72.7 Å². The monoisotopic (exact) mass is 342 g/mol. The number of carbonyl (C=O) groups is 1. The molecule has 0 unspecified atom stereocenters. The molecule has 108 valence electrons. The molecule has 7 heteroatoms. The van der Waals surface area contributed by atoms with Crippen molar-refractivity contribution in [1.82, 2.24) is 4.90 Å². The van der Waals surface area contributed by atoms with Crippen molar-refractivity contribution >= 4 is 27.6 Å². The molecule has 0 atom stereocenters. The Balaban J connectivity index is 2.10. The van der Waals surface area contributed by atoms with E-state index >= 15 is 0 Å². The molecule has 1 aromatic carbocycles. The van der Waals surface area contributed by atoms with Crippen molar-refractivity contribution in [3.63, 3.8) is 0 Å². The summed E-state index contributed by atoms with van der Waals surface area (Å²) in [6, 6.07) is 4.35. The fourth-order valence-corrected chi connectivity index (χ4v) is 2.71. The highest BCUT2D eigenvalue weighted by molar-refractivity contribution is 9.10. The molecule has 0 aliphatic carbocycles. The highest BCUT2D eigenvalue weighted by atomic mass is 79.9. The zero-order valence-corrected chi connectivity index (χ0v) is 12.6. The normalized spacial score (nSPS) is 16.9. The molecule has 0 saturated carbocycles. The largest absolute Gasteiger partial charge is 0.459 e. The van der Waals surface area contributed by atoms with Crippen LogP contribution >= 0.6 is 15.9 Å². The van der Waals surface area contributed by atoms with Gasteiger partial charge in [0.05, 0.1) is 10.5 Å². The average molecular weight is 343 g/mol. The smallest absolute Gasteiger partial charge is 0.339 e. The van der Waals surface area contributed by atoms with E-state index in [0.717, 1.165) is 25.9 Å². The zero-order valence-electron chi connectivity index (χ0n) is 11.0. The Labute approximate surface area is 125 Å². The van der Waals surface area contributed by atoms with Crippen LogP contribution in [-0.2, 0) is 4.74 Å². The lowest BCUT2D eigenvalue weighted by atomic mass is 10.1. The summed E-state index contributed by atoms with van der Waals surface area (Å²) >= 11 is 3.11. The maximum atomic E-state index is 12.1. The van der Waals surface area contributed by atoms with Crippen LogP contribution in [0, 0.1) is 10.1 Å². The standard InChI is InChI=1S/C13H15BrN2O4/c1-15-7-5-9(6-8-15)20-13(17)10-3-2-4-11(12(10)14)16(18)19/h2-4,9H,5-8H2,1H3. The van der Waals surface area contributed by atoms with Gasteiger partial charge in [0.25, 0.3) is 5.69 Å². The Bertz CT molecular complexity index is 527. The van der Waals surface area contributed by atoms with Crippen LogP contribution in [0.5, 0.6) is 0 Å². The third-order valence-corrected chi connectivity index (χ3v) is 4.17. The molecule has 0 aromatic heterocycles. The Morgan fingerprint density at radius 2 is 2.10 bits per heavy atom. The minimum absolute atomic E-state index is 0.120. The summed E-state index contributed by atoms with van der Waals surface area (Å²) in [5.74, 6) is -0.518. The van der Waals surface area contributed by atoms with Gasteiger partial charge in [-0.2, -0.15) is 0 Å². The molecule has 0 bridgehead atoms. The number of rotatable bonds is 3. The van der Waals surface area contributed by atoms with Crippen LogP contribution in [0.1, 0.15) is 23.2 Å². The van der Waals surface area contributed by atoms with Gasteiger partial charge in [-0.25, -0.2) is 4.79 Å². The number of hydrogen-bond donors (Lipinski definition) is 0. The van der Waals surface area contributed by atoms with Gasteiger partial charge < -0.3 is 9.64 Å². The first-order valence-corrected chi connectivity index (χ1v) is 7.10. The third-order valence-electron chi connectivity index (χ3n) is 3.33. The van der Waals surface area contributed by atoms with Crippen molar-refractivity contribution in [1.29, 1.82) is 0 Å². The maximum Gasteiger partial charge on any atom is 0.339 e. The molecule has 1 aromatic rings. The van der Waals surface area contributed by atoms with E-state index in [1.165, 1.54) is 18.2 Å². The van der Waals surface area contributed by atoms with E-state index < -0.39 is 10.9 Å². The van der Waals surface area contributed by atoms with Crippen LogP contribution in [0.15, 0.2) is 22.7 Å². The second-order valence-corrected chi connectivity index (χ2v) is 5.60. The first-order chi connectivity index (χ1) is 9.49. The van der Waals surface area contributed by atoms with Crippen molar-refractivity contribution in [3.05, 3.63) is 38.3 Å². The van der Waals surface area contributed by atoms with Gasteiger partial charge in [-0.3, -0.25) is 10.1 Å². The number of benzene rings is 1. The van der Waals surface area contributed by atoms with Gasteiger partial charge >= 0.3 is 5.97 Å².